The predicted octanol–water partition coefficient (Wildman–Crippen LogP) is 29.2. The lowest BCUT2D eigenvalue weighted by Crippen LogP contribution is -2.01. The van der Waals surface area contributed by atoms with E-state index in [1.165, 1.54) is 21.9 Å². The number of para-hydroxylation sites is 4. The highest BCUT2D eigenvalue weighted by Crippen LogP contribution is 2.48. The molecule has 0 N–H and O–H groups in total. The van der Waals surface area contributed by atoms with Crippen molar-refractivity contribution < 1.29 is 8.83 Å². The van der Waals surface area contributed by atoms with Crippen molar-refractivity contribution in [2.75, 3.05) is 0 Å². The Bertz CT molecular complexity index is 8840. The second-order valence-corrected chi connectivity index (χ2v) is 32.4. The molecule has 0 bridgehead atoms. The van der Waals surface area contributed by atoms with Gasteiger partial charge < -0.3 is 27.1 Å². The van der Waals surface area contributed by atoms with Gasteiger partial charge in [-0.3, -0.25) is 0 Å². The molecular formula is C114H68N10O2. The number of benzene rings is 18. The summed E-state index contributed by atoms with van der Waals surface area (Å²) in [6.45, 7) is 0. The van der Waals surface area contributed by atoms with Crippen molar-refractivity contribution in [2.45, 2.75) is 0 Å². The smallest absolute Gasteiger partial charge is 0.164 e. The van der Waals surface area contributed by atoms with Gasteiger partial charge in [-0.05, 0) is 125 Å². The lowest BCUT2D eigenvalue weighted by Gasteiger charge is -2.14. The van der Waals surface area contributed by atoms with Crippen LogP contribution in [0.1, 0.15) is 0 Å². The molecule has 0 fully saturated rings. The van der Waals surface area contributed by atoms with Crippen LogP contribution in [-0.4, -0.2) is 48.2 Å². The minimum Gasteiger partial charge on any atom is -0.456 e. The highest BCUT2D eigenvalue weighted by molar-refractivity contribution is 6.22. The van der Waals surface area contributed by atoms with Crippen LogP contribution in [-0.2, 0) is 0 Å². The molecule has 0 amide bonds. The Hall–Kier alpha value is -17.2. The number of rotatable bonds is 13. The molecule has 126 heavy (non-hydrogen) atoms. The van der Waals surface area contributed by atoms with E-state index in [9.17, 15) is 0 Å². The minimum absolute atomic E-state index is 0.572. The van der Waals surface area contributed by atoms with Gasteiger partial charge in [-0.25, -0.2) is 29.9 Å². The van der Waals surface area contributed by atoms with Crippen molar-refractivity contribution in [3.8, 4) is 124 Å². The fraction of sp³-hybridized carbons (Fsp3) is 0. The topological polar surface area (TPSA) is 123 Å². The van der Waals surface area contributed by atoms with Crippen molar-refractivity contribution in [2.24, 2.45) is 0 Å². The number of aromatic nitrogens is 10. The molecule has 0 saturated carbocycles. The van der Waals surface area contributed by atoms with E-state index in [0.717, 1.165) is 199 Å². The van der Waals surface area contributed by atoms with Gasteiger partial charge in [-0.1, -0.05) is 297 Å². The van der Waals surface area contributed by atoms with E-state index in [-0.39, 0.29) is 0 Å². The maximum absolute atomic E-state index is 7.15. The Labute approximate surface area is 720 Å². The summed E-state index contributed by atoms with van der Waals surface area (Å²) in [4.78, 5) is 30.8. The van der Waals surface area contributed by atoms with Gasteiger partial charge in [0.05, 0.1) is 44.1 Å². The summed E-state index contributed by atoms with van der Waals surface area (Å²) in [5, 5.41) is 13.3. The summed E-state index contributed by atoms with van der Waals surface area (Å²) < 4.78 is 23.8. The number of hydrogen-bond donors (Lipinski definition) is 0. The summed E-state index contributed by atoms with van der Waals surface area (Å²) in [6.07, 6.45) is 0. The molecule has 0 radical (unpaired) electrons. The Balaban J connectivity index is 0.589. The largest absolute Gasteiger partial charge is 0.456 e. The van der Waals surface area contributed by atoms with Crippen molar-refractivity contribution in [3.63, 3.8) is 0 Å². The lowest BCUT2D eigenvalue weighted by atomic mass is 9.96. The fourth-order valence-electron chi connectivity index (χ4n) is 19.6. The first-order chi connectivity index (χ1) is 62.4. The molecule has 26 aromatic rings. The van der Waals surface area contributed by atoms with Gasteiger partial charge in [-0.15, -0.1) is 0 Å². The van der Waals surface area contributed by atoms with Gasteiger partial charge >= 0.3 is 0 Å². The van der Waals surface area contributed by atoms with Crippen LogP contribution in [0.25, 0.3) is 256 Å². The summed E-state index contributed by atoms with van der Waals surface area (Å²) in [7, 11) is 0. The monoisotopic (exact) mass is 1610 g/mol. The first-order valence-electron chi connectivity index (χ1n) is 42.5. The first kappa shape index (κ1) is 70.6. The van der Waals surface area contributed by atoms with Crippen molar-refractivity contribution >= 4 is 131 Å². The van der Waals surface area contributed by atoms with Crippen LogP contribution >= 0.6 is 0 Å². The van der Waals surface area contributed by atoms with E-state index in [2.05, 4.69) is 334 Å². The van der Waals surface area contributed by atoms with E-state index in [1.807, 2.05) is 97.1 Å². The van der Waals surface area contributed by atoms with E-state index >= 15 is 0 Å². The molecule has 586 valence electrons. The van der Waals surface area contributed by atoms with Crippen molar-refractivity contribution in [1.29, 1.82) is 0 Å². The number of hydrogen-bond acceptors (Lipinski definition) is 8. The van der Waals surface area contributed by atoms with Crippen molar-refractivity contribution in [1.82, 2.24) is 48.2 Å². The van der Waals surface area contributed by atoms with E-state index in [1.54, 1.807) is 0 Å². The van der Waals surface area contributed by atoms with E-state index < -0.39 is 0 Å². The zero-order valence-electron chi connectivity index (χ0n) is 67.5. The summed E-state index contributed by atoms with van der Waals surface area (Å²) in [5.41, 5.74) is 27.9. The molecule has 0 atom stereocenters. The molecule has 0 unspecified atom stereocenters. The highest BCUT2D eigenvalue weighted by atomic mass is 16.3. The van der Waals surface area contributed by atoms with Gasteiger partial charge in [-0.2, -0.15) is 0 Å². The first-order valence-corrected chi connectivity index (χ1v) is 42.5. The molecular weight excluding hydrogens is 1540 g/mol. The highest BCUT2D eigenvalue weighted by Gasteiger charge is 2.27. The van der Waals surface area contributed by atoms with Crippen molar-refractivity contribution in [3.05, 3.63) is 413 Å². The second kappa shape index (κ2) is 28.2. The molecule has 0 aliphatic heterocycles. The summed E-state index contributed by atoms with van der Waals surface area (Å²) >= 11 is 0. The third-order valence-corrected chi connectivity index (χ3v) is 25.2. The number of nitrogens with zero attached hydrogens (tertiary/aromatic N) is 10. The molecule has 0 aliphatic rings. The maximum atomic E-state index is 7.15. The third-order valence-electron chi connectivity index (χ3n) is 25.2. The van der Waals surface area contributed by atoms with Crippen LogP contribution in [0.5, 0.6) is 0 Å². The molecule has 0 aliphatic carbocycles. The molecule has 12 nitrogen and oxygen atoms in total. The van der Waals surface area contributed by atoms with Gasteiger partial charge in [0.1, 0.15) is 22.3 Å². The van der Waals surface area contributed by atoms with Crippen LogP contribution in [0, 0.1) is 0 Å². The molecule has 12 heteroatoms. The van der Waals surface area contributed by atoms with Gasteiger partial charge in [0.15, 0.2) is 34.9 Å². The van der Waals surface area contributed by atoms with Crippen LogP contribution in [0.4, 0.5) is 0 Å². The average molecular weight is 1610 g/mol. The molecule has 26 rings (SSSR count). The molecule has 8 aromatic heterocycles. The van der Waals surface area contributed by atoms with Crippen LogP contribution in [0.15, 0.2) is 421 Å². The van der Waals surface area contributed by atoms with Gasteiger partial charge in [0.25, 0.3) is 0 Å². The van der Waals surface area contributed by atoms with Crippen LogP contribution < -0.4 is 0 Å². The standard InChI is InChI=1S/C114H68N10O2/c1-6-27-69(28-7-1)82-44-25-51-98-106(82)89-42-17-20-49-96(89)121(98)81-58-60-87-94-66-100-92(67-104(94)125-103(87)64-81)88-47-24-46-84(108(88)124(100)79-40-23-38-77(62-79)114-119-111(74-33-12-4-13-34-74)116-112(120-114)75-35-14-5-15-36-75)71-55-53-70(54-56-71)83-45-26-52-99-107(83)90-43-18-21-50-97(90)122(99)80-57-59-86-93-65-91-85-41-16-19-48-95(85)123(101(91)68-105(93)126-102(86)63-80)78-39-22-37-76(61-78)113-117-109(72-29-8-2-9-30-72)115-110(118-113)73-31-10-3-11-32-73/h1-68H. The SMILES string of the molecule is c1ccc(-c2nc(-c3ccccc3)nc(-c3cccc(-n4c5ccccc5c5cc6c(cc54)oc4cc(-n5c7ccccc7c7c(-c8ccc(-c9cccc%10c%11cc%12oc%13cc(-n%14c%15ccccc%15c%15c(-c%16ccccc%16)cccc%15%14)ccc%13c%12cc%11n(-c%11cccc(-c%12nc(-c%13ccccc%13)nc(-c%13ccccc%13)n%12)c%11)c9%10)cc8)cccc75)ccc46)c3)n2)cc1. The second-order valence-electron chi connectivity index (χ2n) is 32.4. The average Bonchev–Trinajstić information content (AvgIpc) is 1.56. The molecule has 0 saturated heterocycles. The Morgan fingerprint density at radius 1 is 0.159 bits per heavy atom. The Morgan fingerprint density at radius 2 is 0.476 bits per heavy atom. The van der Waals surface area contributed by atoms with Crippen LogP contribution in [0.2, 0.25) is 0 Å². The quantitative estimate of drug-likeness (QED) is 0.112. The third kappa shape index (κ3) is 11.3. The fourth-order valence-corrected chi connectivity index (χ4v) is 19.6. The molecule has 8 heterocycles. The Kier molecular flexibility index (Phi) is 15.8. The zero-order chi connectivity index (χ0) is 82.6. The minimum atomic E-state index is 0.572. The number of fused-ring (bicyclic) bond motifs is 18. The maximum Gasteiger partial charge on any atom is 0.164 e. The lowest BCUT2D eigenvalue weighted by molar-refractivity contribution is 0.668. The van der Waals surface area contributed by atoms with Crippen LogP contribution in [0.3, 0.4) is 0 Å². The van der Waals surface area contributed by atoms with E-state index in [0.29, 0.717) is 34.9 Å². The summed E-state index contributed by atoms with van der Waals surface area (Å²) in [6, 6.07) is 146. The van der Waals surface area contributed by atoms with Gasteiger partial charge in [0.2, 0.25) is 0 Å². The van der Waals surface area contributed by atoms with E-state index in [4.69, 9.17) is 38.7 Å². The normalized spacial score (nSPS) is 12.0. The summed E-state index contributed by atoms with van der Waals surface area (Å²) in [5.74, 6) is 3.59. The Morgan fingerprint density at radius 3 is 0.968 bits per heavy atom. The molecule has 18 aromatic carbocycles. The van der Waals surface area contributed by atoms with Gasteiger partial charge in [0, 0.05) is 145 Å². The zero-order valence-corrected chi connectivity index (χ0v) is 67.5. The predicted molar refractivity (Wildman–Crippen MR) is 514 cm³/mol. The number of furan rings is 2. The molecule has 0 spiro atoms.